The fraction of sp³-hybridized carbons (Fsp3) is 0.812. The van der Waals surface area contributed by atoms with Crippen LogP contribution in [0.25, 0.3) is 0 Å². The first kappa shape index (κ1) is 16.8. The van der Waals surface area contributed by atoms with Gasteiger partial charge < -0.3 is 14.7 Å². The van der Waals surface area contributed by atoms with Crippen molar-refractivity contribution < 1.29 is 14.4 Å². The Morgan fingerprint density at radius 1 is 0.955 bits per heavy atom. The molecule has 6 heteroatoms. The quantitative estimate of drug-likeness (QED) is 0.771. The maximum absolute atomic E-state index is 12.5. The first-order chi connectivity index (χ1) is 10.5. The monoisotopic (exact) mass is 309 g/mol. The number of nitrogens with zero attached hydrogens (tertiary/aromatic N) is 3. The largest absolute Gasteiger partial charge is 0.339 e. The summed E-state index contributed by atoms with van der Waals surface area (Å²) in [5.74, 6) is 0.314. The molecule has 22 heavy (non-hydrogen) atoms. The van der Waals surface area contributed by atoms with Crippen molar-refractivity contribution in [1.29, 1.82) is 0 Å². The van der Waals surface area contributed by atoms with E-state index in [1.165, 1.54) is 18.2 Å². The van der Waals surface area contributed by atoms with Crippen molar-refractivity contribution in [3.63, 3.8) is 0 Å². The van der Waals surface area contributed by atoms with E-state index >= 15 is 0 Å². The number of hydrogen-bond acceptors (Lipinski definition) is 3. The summed E-state index contributed by atoms with van der Waals surface area (Å²) in [4.78, 5) is 40.9. The zero-order chi connectivity index (χ0) is 16.1. The second-order valence-corrected chi connectivity index (χ2v) is 6.42. The molecule has 0 aromatic heterocycles. The van der Waals surface area contributed by atoms with Gasteiger partial charge in [-0.05, 0) is 12.8 Å². The number of hydrogen-bond donors (Lipinski definition) is 0. The fourth-order valence-corrected chi connectivity index (χ4v) is 3.20. The molecule has 1 heterocycles. The zero-order valence-electron chi connectivity index (χ0n) is 13.7. The van der Waals surface area contributed by atoms with Gasteiger partial charge in [-0.25, -0.2) is 0 Å². The topological polar surface area (TPSA) is 60.9 Å². The SMILES string of the molecule is CC(=O)N(C)CC(=O)N1CCN(C(=O)C2CCCCC2)CC1. The average Bonchev–Trinajstić information content (AvgIpc) is 2.55. The summed E-state index contributed by atoms with van der Waals surface area (Å²) in [7, 11) is 1.63. The Hall–Kier alpha value is -1.59. The molecule has 1 saturated carbocycles. The minimum Gasteiger partial charge on any atom is -0.339 e. The summed E-state index contributed by atoms with van der Waals surface area (Å²) in [5, 5.41) is 0. The summed E-state index contributed by atoms with van der Waals surface area (Å²) < 4.78 is 0. The molecule has 2 fully saturated rings. The van der Waals surface area contributed by atoms with Crippen LogP contribution in [0.15, 0.2) is 0 Å². The molecule has 124 valence electrons. The predicted molar refractivity (Wildman–Crippen MR) is 83.0 cm³/mol. The molecule has 1 aliphatic heterocycles. The van der Waals surface area contributed by atoms with E-state index in [9.17, 15) is 14.4 Å². The molecule has 0 N–H and O–H groups in total. The van der Waals surface area contributed by atoms with E-state index < -0.39 is 0 Å². The van der Waals surface area contributed by atoms with Crippen LogP contribution in [-0.4, -0.2) is 72.2 Å². The normalized spacial score (nSPS) is 19.9. The third-order valence-corrected chi connectivity index (χ3v) is 4.81. The number of piperazine rings is 1. The Morgan fingerprint density at radius 3 is 2.05 bits per heavy atom. The van der Waals surface area contributed by atoms with E-state index in [2.05, 4.69) is 0 Å². The highest BCUT2D eigenvalue weighted by molar-refractivity contribution is 5.84. The molecular weight excluding hydrogens is 282 g/mol. The zero-order valence-corrected chi connectivity index (χ0v) is 13.7. The van der Waals surface area contributed by atoms with Gasteiger partial charge in [-0.2, -0.15) is 0 Å². The highest BCUT2D eigenvalue weighted by atomic mass is 16.2. The molecule has 0 unspecified atom stereocenters. The number of carbonyl (C=O) groups excluding carboxylic acids is 3. The van der Waals surface area contributed by atoms with Gasteiger partial charge in [0.25, 0.3) is 0 Å². The number of amides is 3. The lowest BCUT2D eigenvalue weighted by molar-refractivity contribution is -0.144. The van der Waals surface area contributed by atoms with E-state index in [1.54, 1.807) is 11.9 Å². The van der Waals surface area contributed by atoms with Crippen LogP contribution in [0.1, 0.15) is 39.0 Å². The van der Waals surface area contributed by atoms with Gasteiger partial charge in [0.15, 0.2) is 0 Å². The summed E-state index contributed by atoms with van der Waals surface area (Å²) in [5.41, 5.74) is 0. The Kier molecular flexibility index (Phi) is 5.80. The molecule has 0 radical (unpaired) electrons. The van der Waals surface area contributed by atoms with Gasteiger partial charge in [-0.1, -0.05) is 19.3 Å². The molecular formula is C16H27N3O3. The molecule has 0 atom stereocenters. The lowest BCUT2D eigenvalue weighted by atomic mass is 9.88. The van der Waals surface area contributed by atoms with Crippen molar-refractivity contribution in [2.24, 2.45) is 5.92 Å². The summed E-state index contributed by atoms with van der Waals surface area (Å²) in [6.45, 7) is 3.95. The second kappa shape index (κ2) is 7.61. The third-order valence-electron chi connectivity index (χ3n) is 4.81. The Labute approximate surface area is 132 Å². The molecule has 1 saturated heterocycles. The number of likely N-dealkylation sites (N-methyl/N-ethyl adjacent to an activating group) is 1. The van der Waals surface area contributed by atoms with Crippen LogP contribution in [0.5, 0.6) is 0 Å². The fourth-order valence-electron chi connectivity index (χ4n) is 3.20. The number of carbonyl (C=O) groups is 3. The van der Waals surface area contributed by atoms with E-state index in [4.69, 9.17) is 0 Å². The third kappa shape index (κ3) is 4.21. The van der Waals surface area contributed by atoms with Crippen molar-refractivity contribution in [2.45, 2.75) is 39.0 Å². The molecule has 6 nitrogen and oxygen atoms in total. The molecule has 0 aromatic carbocycles. The summed E-state index contributed by atoms with van der Waals surface area (Å²) >= 11 is 0. The Bertz CT molecular complexity index is 424. The maximum Gasteiger partial charge on any atom is 0.242 e. The maximum atomic E-state index is 12.5. The van der Waals surface area contributed by atoms with Crippen molar-refractivity contribution in [3.8, 4) is 0 Å². The predicted octanol–water partition coefficient (Wildman–Crippen LogP) is 0.716. The molecule has 2 rings (SSSR count). The van der Waals surface area contributed by atoms with Crippen LogP contribution in [-0.2, 0) is 14.4 Å². The average molecular weight is 309 g/mol. The van der Waals surface area contributed by atoms with Gasteiger partial charge >= 0.3 is 0 Å². The van der Waals surface area contributed by atoms with Gasteiger partial charge in [0.1, 0.15) is 0 Å². The molecule has 1 aliphatic carbocycles. The van der Waals surface area contributed by atoms with E-state index in [1.807, 2.05) is 4.90 Å². The van der Waals surface area contributed by atoms with Gasteiger partial charge in [0.2, 0.25) is 17.7 Å². The Morgan fingerprint density at radius 2 is 1.50 bits per heavy atom. The van der Waals surface area contributed by atoms with E-state index in [-0.39, 0.29) is 30.2 Å². The first-order valence-corrected chi connectivity index (χ1v) is 8.27. The van der Waals surface area contributed by atoms with Crippen LogP contribution in [0.4, 0.5) is 0 Å². The highest BCUT2D eigenvalue weighted by Crippen LogP contribution is 2.25. The molecule has 0 aromatic rings. The van der Waals surface area contributed by atoms with Gasteiger partial charge in [-0.3, -0.25) is 14.4 Å². The van der Waals surface area contributed by atoms with Crippen LogP contribution >= 0.6 is 0 Å². The molecule has 3 amide bonds. The van der Waals surface area contributed by atoms with Gasteiger partial charge in [-0.15, -0.1) is 0 Å². The molecule has 2 aliphatic rings. The summed E-state index contributed by atoms with van der Waals surface area (Å²) in [6, 6.07) is 0. The van der Waals surface area contributed by atoms with Crippen molar-refractivity contribution in [3.05, 3.63) is 0 Å². The second-order valence-electron chi connectivity index (χ2n) is 6.42. The standard InChI is InChI=1S/C16H27N3O3/c1-13(20)17(2)12-15(21)18-8-10-19(11-9-18)16(22)14-6-4-3-5-7-14/h14H,3-12H2,1-2H3. The smallest absolute Gasteiger partial charge is 0.242 e. The minimum atomic E-state index is -0.112. The first-order valence-electron chi connectivity index (χ1n) is 8.27. The minimum absolute atomic E-state index is 0.0394. The van der Waals surface area contributed by atoms with Crippen molar-refractivity contribution in [1.82, 2.24) is 14.7 Å². The van der Waals surface area contributed by atoms with Crippen molar-refractivity contribution in [2.75, 3.05) is 39.8 Å². The summed E-state index contributed by atoms with van der Waals surface area (Å²) in [6.07, 6.45) is 5.59. The van der Waals surface area contributed by atoms with E-state index in [0.717, 1.165) is 25.7 Å². The van der Waals surface area contributed by atoms with Crippen LogP contribution in [0, 0.1) is 5.92 Å². The van der Waals surface area contributed by atoms with Crippen LogP contribution in [0.3, 0.4) is 0 Å². The number of rotatable bonds is 3. The highest BCUT2D eigenvalue weighted by Gasteiger charge is 2.29. The van der Waals surface area contributed by atoms with Gasteiger partial charge in [0, 0.05) is 46.1 Å². The van der Waals surface area contributed by atoms with Crippen molar-refractivity contribution >= 4 is 17.7 Å². The van der Waals surface area contributed by atoms with Crippen LogP contribution < -0.4 is 0 Å². The Balaban J connectivity index is 1.78. The van der Waals surface area contributed by atoms with Crippen LogP contribution in [0.2, 0.25) is 0 Å². The van der Waals surface area contributed by atoms with Gasteiger partial charge in [0.05, 0.1) is 6.54 Å². The van der Waals surface area contributed by atoms with E-state index in [0.29, 0.717) is 26.2 Å². The lowest BCUT2D eigenvalue weighted by Gasteiger charge is -2.37. The molecule has 0 spiro atoms. The molecule has 0 bridgehead atoms. The lowest BCUT2D eigenvalue weighted by Crippen LogP contribution is -2.53.